The molecule has 0 radical (unpaired) electrons. The molecule has 1 aliphatic rings. The summed E-state index contributed by atoms with van der Waals surface area (Å²) >= 11 is 1.55. The molecule has 5 nitrogen and oxygen atoms in total. The number of aryl methyl sites for hydroxylation is 1. The van der Waals surface area contributed by atoms with Gasteiger partial charge in [0, 0.05) is 35.8 Å². The maximum atomic E-state index is 12.5. The predicted octanol–water partition coefficient (Wildman–Crippen LogP) is 2.18. The van der Waals surface area contributed by atoms with Crippen LogP contribution in [0.25, 0.3) is 0 Å². The minimum atomic E-state index is 0.0932. The number of nitrogens with zero attached hydrogens (tertiary/aromatic N) is 3. The van der Waals surface area contributed by atoms with E-state index >= 15 is 0 Å². The first-order chi connectivity index (χ1) is 10.7. The van der Waals surface area contributed by atoms with Crippen LogP contribution in [0.2, 0.25) is 0 Å². The standard InChI is InChI=1S/C16H19N3O2S/c1-12-6-15(18-11-17-12)7-13-8-19(3-4-21-9-13)16(20)14-2-5-22-10-14/h2,5-6,10-11,13H,3-4,7-9H2,1H3/t13-/m0/s1. The van der Waals surface area contributed by atoms with Gasteiger partial charge in [0.2, 0.25) is 0 Å². The third kappa shape index (κ3) is 3.69. The molecule has 0 unspecified atom stereocenters. The highest BCUT2D eigenvalue weighted by Gasteiger charge is 2.24. The van der Waals surface area contributed by atoms with E-state index in [1.54, 1.807) is 17.7 Å². The highest BCUT2D eigenvalue weighted by Crippen LogP contribution is 2.16. The highest BCUT2D eigenvalue weighted by atomic mass is 32.1. The van der Waals surface area contributed by atoms with Crippen molar-refractivity contribution in [3.05, 3.63) is 46.2 Å². The van der Waals surface area contributed by atoms with Crippen molar-refractivity contribution >= 4 is 17.2 Å². The average Bonchev–Trinajstić information content (AvgIpc) is 2.94. The van der Waals surface area contributed by atoms with Crippen LogP contribution in [-0.2, 0) is 11.2 Å². The summed E-state index contributed by atoms with van der Waals surface area (Å²) in [5, 5.41) is 3.83. The van der Waals surface area contributed by atoms with Gasteiger partial charge in [-0.3, -0.25) is 4.79 Å². The normalized spacial score (nSPS) is 19.0. The minimum Gasteiger partial charge on any atom is -0.379 e. The molecule has 0 saturated carbocycles. The first-order valence-electron chi connectivity index (χ1n) is 7.39. The largest absolute Gasteiger partial charge is 0.379 e. The molecule has 0 aromatic carbocycles. The van der Waals surface area contributed by atoms with E-state index in [4.69, 9.17) is 4.74 Å². The van der Waals surface area contributed by atoms with Crippen LogP contribution in [0.4, 0.5) is 0 Å². The molecule has 6 heteroatoms. The second-order valence-corrected chi connectivity index (χ2v) is 6.34. The molecule has 3 rings (SSSR count). The van der Waals surface area contributed by atoms with Crippen molar-refractivity contribution in [1.82, 2.24) is 14.9 Å². The van der Waals surface area contributed by atoms with Gasteiger partial charge >= 0.3 is 0 Å². The van der Waals surface area contributed by atoms with Crippen molar-refractivity contribution in [1.29, 1.82) is 0 Å². The van der Waals surface area contributed by atoms with Gasteiger partial charge in [-0.25, -0.2) is 9.97 Å². The third-order valence-corrected chi connectivity index (χ3v) is 4.43. The van der Waals surface area contributed by atoms with E-state index in [-0.39, 0.29) is 11.8 Å². The number of amides is 1. The second kappa shape index (κ2) is 6.98. The van der Waals surface area contributed by atoms with Crippen LogP contribution in [0.3, 0.4) is 0 Å². The molecule has 1 saturated heterocycles. The molecule has 116 valence electrons. The quantitative estimate of drug-likeness (QED) is 0.871. The van der Waals surface area contributed by atoms with E-state index in [1.165, 1.54) is 0 Å². The molecule has 1 amide bonds. The monoisotopic (exact) mass is 317 g/mol. The molecule has 0 aliphatic carbocycles. The lowest BCUT2D eigenvalue weighted by Crippen LogP contribution is -2.36. The Morgan fingerprint density at radius 3 is 3.18 bits per heavy atom. The number of carbonyl (C=O) groups is 1. The summed E-state index contributed by atoms with van der Waals surface area (Å²) in [6.45, 7) is 4.57. The Kier molecular flexibility index (Phi) is 4.80. The maximum Gasteiger partial charge on any atom is 0.254 e. The molecule has 0 spiro atoms. The summed E-state index contributed by atoms with van der Waals surface area (Å²) in [4.78, 5) is 22.9. The third-order valence-electron chi connectivity index (χ3n) is 3.75. The Labute approximate surface area is 134 Å². The molecule has 0 N–H and O–H groups in total. The summed E-state index contributed by atoms with van der Waals surface area (Å²) in [5.74, 6) is 0.356. The van der Waals surface area contributed by atoms with E-state index < -0.39 is 0 Å². The number of carbonyl (C=O) groups excluding carboxylic acids is 1. The molecule has 1 fully saturated rings. The van der Waals surface area contributed by atoms with Crippen molar-refractivity contribution in [3.8, 4) is 0 Å². The minimum absolute atomic E-state index is 0.0932. The number of aromatic nitrogens is 2. The molecule has 3 heterocycles. The van der Waals surface area contributed by atoms with Crippen molar-refractivity contribution in [2.45, 2.75) is 13.3 Å². The Hall–Kier alpha value is -1.79. The summed E-state index contributed by atoms with van der Waals surface area (Å²) in [7, 11) is 0. The molecular formula is C16H19N3O2S. The summed E-state index contributed by atoms with van der Waals surface area (Å²) in [5.41, 5.74) is 2.74. The van der Waals surface area contributed by atoms with Gasteiger partial charge in [0.05, 0.1) is 18.8 Å². The van der Waals surface area contributed by atoms with Crippen molar-refractivity contribution < 1.29 is 9.53 Å². The van der Waals surface area contributed by atoms with E-state index in [1.807, 2.05) is 34.7 Å². The fourth-order valence-electron chi connectivity index (χ4n) is 2.67. The van der Waals surface area contributed by atoms with Gasteiger partial charge in [-0.1, -0.05) is 0 Å². The van der Waals surface area contributed by atoms with E-state index in [0.29, 0.717) is 26.3 Å². The zero-order valence-corrected chi connectivity index (χ0v) is 13.4. The van der Waals surface area contributed by atoms with Gasteiger partial charge in [-0.05, 0) is 30.9 Å². The van der Waals surface area contributed by atoms with Crippen LogP contribution < -0.4 is 0 Å². The SMILES string of the molecule is Cc1cc(C[C@@H]2COCCN(C(=O)c3ccsc3)C2)ncn1. The van der Waals surface area contributed by atoms with Crippen LogP contribution in [0.5, 0.6) is 0 Å². The zero-order chi connectivity index (χ0) is 15.4. The zero-order valence-electron chi connectivity index (χ0n) is 12.6. The summed E-state index contributed by atoms with van der Waals surface area (Å²) in [6.07, 6.45) is 2.40. The van der Waals surface area contributed by atoms with E-state index in [0.717, 1.165) is 23.4 Å². The van der Waals surface area contributed by atoms with E-state index in [9.17, 15) is 4.79 Å². The van der Waals surface area contributed by atoms with Crippen LogP contribution in [-0.4, -0.2) is 47.1 Å². The molecule has 22 heavy (non-hydrogen) atoms. The summed E-state index contributed by atoms with van der Waals surface area (Å²) < 4.78 is 5.67. The van der Waals surface area contributed by atoms with Crippen LogP contribution >= 0.6 is 11.3 Å². The van der Waals surface area contributed by atoms with Gasteiger partial charge in [-0.2, -0.15) is 11.3 Å². The Balaban J connectivity index is 1.68. The molecule has 1 atom stereocenters. The fourth-order valence-corrected chi connectivity index (χ4v) is 3.30. The number of hydrogen-bond donors (Lipinski definition) is 0. The molecule has 0 bridgehead atoms. The molecule has 2 aromatic heterocycles. The fraction of sp³-hybridized carbons (Fsp3) is 0.438. The van der Waals surface area contributed by atoms with Gasteiger partial charge in [0.25, 0.3) is 5.91 Å². The maximum absolute atomic E-state index is 12.5. The molecule has 2 aromatic rings. The van der Waals surface area contributed by atoms with Gasteiger partial charge < -0.3 is 9.64 Å². The lowest BCUT2D eigenvalue weighted by atomic mass is 10.0. The highest BCUT2D eigenvalue weighted by molar-refractivity contribution is 7.08. The van der Waals surface area contributed by atoms with Crippen LogP contribution in [0.1, 0.15) is 21.7 Å². The van der Waals surface area contributed by atoms with Crippen LogP contribution in [0, 0.1) is 12.8 Å². The Morgan fingerprint density at radius 2 is 2.41 bits per heavy atom. The van der Waals surface area contributed by atoms with Crippen molar-refractivity contribution in [3.63, 3.8) is 0 Å². The number of hydrogen-bond acceptors (Lipinski definition) is 5. The van der Waals surface area contributed by atoms with Gasteiger partial charge in [-0.15, -0.1) is 0 Å². The van der Waals surface area contributed by atoms with Crippen molar-refractivity contribution in [2.24, 2.45) is 5.92 Å². The summed E-state index contributed by atoms with van der Waals surface area (Å²) in [6, 6.07) is 3.87. The van der Waals surface area contributed by atoms with Crippen LogP contribution in [0.15, 0.2) is 29.2 Å². The second-order valence-electron chi connectivity index (χ2n) is 5.56. The Bertz CT molecular complexity index is 630. The van der Waals surface area contributed by atoms with Gasteiger partial charge in [0.1, 0.15) is 6.33 Å². The first-order valence-corrected chi connectivity index (χ1v) is 8.33. The smallest absolute Gasteiger partial charge is 0.254 e. The number of thiophene rings is 1. The molecule has 1 aliphatic heterocycles. The number of ether oxygens (including phenoxy) is 1. The number of rotatable bonds is 3. The van der Waals surface area contributed by atoms with Crippen molar-refractivity contribution in [2.75, 3.05) is 26.3 Å². The Morgan fingerprint density at radius 1 is 1.50 bits per heavy atom. The van der Waals surface area contributed by atoms with E-state index in [2.05, 4.69) is 9.97 Å². The topological polar surface area (TPSA) is 55.3 Å². The predicted molar refractivity (Wildman–Crippen MR) is 85.0 cm³/mol. The lowest BCUT2D eigenvalue weighted by Gasteiger charge is -2.23. The lowest BCUT2D eigenvalue weighted by molar-refractivity contribution is 0.0738. The average molecular weight is 317 g/mol. The first kappa shape index (κ1) is 15.1. The van der Waals surface area contributed by atoms with Gasteiger partial charge in [0.15, 0.2) is 0 Å². The molecular weight excluding hydrogens is 298 g/mol.